The Morgan fingerprint density at radius 3 is 2.68 bits per heavy atom. The highest BCUT2D eigenvalue weighted by Gasteiger charge is 2.16. The van der Waals surface area contributed by atoms with E-state index in [2.05, 4.69) is 10.6 Å². The largest absolute Gasteiger partial charge is 0.348 e. The first-order valence-electron chi connectivity index (χ1n) is 7.91. The summed E-state index contributed by atoms with van der Waals surface area (Å²) >= 11 is 5.89. The molecule has 0 aromatic heterocycles. The minimum atomic E-state index is -0.647. The zero-order valence-corrected chi connectivity index (χ0v) is 13.7. The summed E-state index contributed by atoms with van der Waals surface area (Å²) in [7, 11) is 0. The zero-order chi connectivity index (χ0) is 15.9. The van der Waals surface area contributed by atoms with Crippen LogP contribution in [0.15, 0.2) is 18.2 Å². The van der Waals surface area contributed by atoms with E-state index < -0.39 is 11.8 Å². The van der Waals surface area contributed by atoms with Crippen LogP contribution >= 0.6 is 11.6 Å². The Morgan fingerprint density at radius 2 is 1.95 bits per heavy atom. The molecule has 0 atom stereocenters. The number of anilines is 1. The molecule has 1 aliphatic rings. The van der Waals surface area contributed by atoms with Crippen molar-refractivity contribution in [3.05, 3.63) is 28.8 Å². The molecule has 1 saturated carbocycles. The molecule has 0 spiro atoms. The maximum absolute atomic E-state index is 11.9. The van der Waals surface area contributed by atoms with Crippen molar-refractivity contribution in [1.29, 1.82) is 0 Å². The molecule has 0 bridgehead atoms. The van der Waals surface area contributed by atoms with Gasteiger partial charge >= 0.3 is 11.8 Å². The maximum Gasteiger partial charge on any atom is 0.313 e. The Kier molecular flexibility index (Phi) is 6.25. The number of carbonyl (C=O) groups is 2. The van der Waals surface area contributed by atoms with Crippen LogP contribution in [0.2, 0.25) is 5.02 Å². The second kappa shape index (κ2) is 8.18. The molecule has 22 heavy (non-hydrogen) atoms. The fraction of sp³-hybridized carbons (Fsp3) is 0.529. The van der Waals surface area contributed by atoms with E-state index in [4.69, 9.17) is 11.6 Å². The van der Waals surface area contributed by atoms with Crippen LogP contribution in [0.1, 0.15) is 44.1 Å². The summed E-state index contributed by atoms with van der Waals surface area (Å²) in [5.41, 5.74) is 1.44. The van der Waals surface area contributed by atoms with Crippen LogP contribution in [0.3, 0.4) is 0 Å². The Morgan fingerprint density at radius 1 is 1.23 bits per heavy atom. The molecule has 0 saturated heterocycles. The molecule has 1 aromatic rings. The van der Waals surface area contributed by atoms with Crippen molar-refractivity contribution >= 4 is 29.1 Å². The molecule has 1 aromatic carbocycles. The highest BCUT2D eigenvalue weighted by molar-refractivity contribution is 6.40. The van der Waals surface area contributed by atoms with Gasteiger partial charge in [-0.15, -0.1) is 0 Å². The van der Waals surface area contributed by atoms with Crippen LogP contribution in [-0.2, 0) is 9.59 Å². The van der Waals surface area contributed by atoms with Gasteiger partial charge in [0.25, 0.3) is 0 Å². The summed E-state index contributed by atoms with van der Waals surface area (Å²) in [6, 6.07) is 5.19. The number of hydrogen-bond donors (Lipinski definition) is 2. The van der Waals surface area contributed by atoms with Crippen molar-refractivity contribution in [1.82, 2.24) is 5.32 Å². The molecular formula is C17H23ClN2O2. The fourth-order valence-corrected chi connectivity index (χ4v) is 3.05. The minimum Gasteiger partial charge on any atom is -0.348 e. The van der Waals surface area contributed by atoms with Crippen LogP contribution in [-0.4, -0.2) is 18.4 Å². The van der Waals surface area contributed by atoms with E-state index in [-0.39, 0.29) is 0 Å². The van der Waals surface area contributed by atoms with Gasteiger partial charge in [0.15, 0.2) is 0 Å². The van der Waals surface area contributed by atoms with E-state index >= 15 is 0 Å². The normalized spacial score (nSPS) is 14.8. The second-order valence-corrected chi connectivity index (χ2v) is 6.40. The van der Waals surface area contributed by atoms with Gasteiger partial charge in [0, 0.05) is 17.3 Å². The molecule has 0 radical (unpaired) electrons. The molecule has 0 unspecified atom stereocenters. The van der Waals surface area contributed by atoms with Crippen molar-refractivity contribution in [2.45, 2.75) is 45.4 Å². The highest BCUT2D eigenvalue weighted by Crippen LogP contribution is 2.28. The number of hydrogen-bond acceptors (Lipinski definition) is 2. The molecule has 2 N–H and O–H groups in total. The van der Waals surface area contributed by atoms with Gasteiger partial charge in [-0.25, -0.2) is 0 Å². The first-order valence-corrected chi connectivity index (χ1v) is 8.29. The molecule has 5 heteroatoms. The van der Waals surface area contributed by atoms with E-state index in [1.807, 2.05) is 6.92 Å². The lowest BCUT2D eigenvalue weighted by molar-refractivity contribution is -0.136. The van der Waals surface area contributed by atoms with Gasteiger partial charge in [-0.2, -0.15) is 0 Å². The predicted octanol–water partition coefficient (Wildman–Crippen LogP) is 3.67. The van der Waals surface area contributed by atoms with Crippen LogP contribution in [0, 0.1) is 12.8 Å². The Balaban J connectivity index is 1.72. The van der Waals surface area contributed by atoms with Crippen molar-refractivity contribution < 1.29 is 9.59 Å². The smallest absolute Gasteiger partial charge is 0.313 e. The zero-order valence-electron chi connectivity index (χ0n) is 13.0. The van der Waals surface area contributed by atoms with Crippen molar-refractivity contribution in [2.24, 2.45) is 5.92 Å². The van der Waals surface area contributed by atoms with Gasteiger partial charge in [0.1, 0.15) is 0 Å². The lowest BCUT2D eigenvalue weighted by atomic mass is 10.0. The van der Waals surface area contributed by atoms with E-state index in [1.165, 1.54) is 25.7 Å². The number of aryl methyl sites for hydroxylation is 1. The van der Waals surface area contributed by atoms with Gasteiger partial charge in [-0.05, 0) is 43.4 Å². The minimum absolute atomic E-state index is 0.526. The molecule has 2 amide bonds. The third-order valence-electron chi connectivity index (χ3n) is 4.20. The third kappa shape index (κ3) is 5.02. The summed E-state index contributed by atoms with van der Waals surface area (Å²) in [4.78, 5) is 23.6. The average Bonchev–Trinajstić information content (AvgIpc) is 3.00. The summed E-state index contributed by atoms with van der Waals surface area (Å²) in [6.45, 7) is 2.41. The van der Waals surface area contributed by atoms with Crippen molar-refractivity contribution in [2.75, 3.05) is 11.9 Å². The highest BCUT2D eigenvalue weighted by atomic mass is 35.5. The molecule has 2 rings (SSSR count). The van der Waals surface area contributed by atoms with E-state index in [9.17, 15) is 9.59 Å². The van der Waals surface area contributed by atoms with Gasteiger partial charge in [-0.3, -0.25) is 9.59 Å². The number of halogens is 1. The molecule has 120 valence electrons. The quantitative estimate of drug-likeness (QED) is 0.642. The molecular weight excluding hydrogens is 300 g/mol. The number of nitrogens with one attached hydrogen (secondary N) is 2. The summed E-state index contributed by atoms with van der Waals surface area (Å²) in [6.07, 6.45) is 7.34. The summed E-state index contributed by atoms with van der Waals surface area (Å²) < 4.78 is 0. The Bertz CT molecular complexity index is 539. The number of carbonyl (C=O) groups excluding carboxylic acids is 2. The summed E-state index contributed by atoms with van der Waals surface area (Å²) in [5.74, 6) is -0.433. The molecule has 1 fully saturated rings. The number of benzene rings is 1. The monoisotopic (exact) mass is 322 g/mol. The van der Waals surface area contributed by atoms with Crippen LogP contribution in [0.5, 0.6) is 0 Å². The first kappa shape index (κ1) is 16.8. The SMILES string of the molecule is Cc1ccc(Cl)cc1NC(=O)C(=O)NCCCC1CCCC1. The lowest BCUT2D eigenvalue weighted by Gasteiger charge is -2.10. The maximum atomic E-state index is 11.9. The Hall–Kier alpha value is -1.55. The Labute approximate surface area is 136 Å². The van der Waals surface area contributed by atoms with Gasteiger partial charge in [0.05, 0.1) is 0 Å². The topological polar surface area (TPSA) is 58.2 Å². The molecule has 0 heterocycles. The van der Waals surface area contributed by atoms with Crippen LogP contribution in [0.4, 0.5) is 5.69 Å². The number of rotatable bonds is 5. The lowest BCUT2D eigenvalue weighted by Crippen LogP contribution is -2.36. The number of amides is 2. The fourth-order valence-electron chi connectivity index (χ4n) is 2.88. The van der Waals surface area contributed by atoms with Gasteiger partial charge < -0.3 is 10.6 Å². The molecule has 0 aliphatic heterocycles. The van der Waals surface area contributed by atoms with E-state index in [0.29, 0.717) is 17.3 Å². The van der Waals surface area contributed by atoms with Gasteiger partial charge in [0.2, 0.25) is 0 Å². The van der Waals surface area contributed by atoms with E-state index in [0.717, 1.165) is 24.3 Å². The first-order chi connectivity index (χ1) is 10.6. The average molecular weight is 323 g/mol. The van der Waals surface area contributed by atoms with Crippen LogP contribution in [0.25, 0.3) is 0 Å². The van der Waals surface area contributed by atoms with Crippen molar-refractivity contribution in [3.8, 4) is 0 Å². The second-order valence-electron chi connectivity index (χ2n) is 5.96. The predicted molar refractivity (Wildman–Crippen MR) is 89.0 cm³/mol. The molecule has 1 aliphatic carbocycles. The third-order valence-corrected chi connectivity index (χ3v) is 4.44. The summed E-state index contributed by atoms with van der Waals surface area (Å²) in [5, 5.41) is 5.80. The van der Waals surface area contributed by atoms with Crippen molar-refractivity contribution in [3.63, 3.8) is 0 Å². The van der Waals surface area contributed by atoms with E-state index in [1.54, 1.807) is 18.2 Å². The standard InChI is InChI=1S/C17H23ClN2O2/c1-12-8-9-14(18)11-15(12)20-17(22)16(21)19-10-4-7-13-5-2-3-6-13/h8-9,11,13H,2-7,10H2,1H3,(H,19,21)(H,20,22). The van der Waals surface area contributed by atoms with Crippen LogP contribution < -0.4 is 10.6 Å². The molecule has 4 nitrogen and oxygen atoms in total. The van der Waals surface area contributed by atoms with Gasteiger partial charge in [-0.1, -0.05) is 43.4 Å².